The van der Waals surface area contributed by atoms with E-state index in [1.807, 2.05) is 54.6 Å². The molecule has 3 heteroatoms. The van der Waals surface area contributed by atoms with Crippen molar-refractivity contribution >= 4 is 5.78 Å². The van der Waals surface area contributed by atoms with Crippen molar-refractivity contribution in [3.8, 4) is 5.75 Å². The Balaban J connectivity index is 2.17. The molecule has 2 N–H and O–H groups in total. The SMILES string of the molecule is CCC(N)(CC)C(C)COc1ccccc1C(=O)c1ccccc1. The maximum Gasteiger partial charge on any atom is 0.196 e. The second kappa shape index (κ2) is 8.11. The average Bonchev–Trinajstić information content (AvgIpc) is 2.65. The number of hydrogen-bond acceptors (Lipinski definition) is 3. The molecule has 24 heavy (non-hydrogen) atoms. The highest BCUT2D eigenvalue weighted by atomic mass is 16.5. The van der Waals surface area contributed by atoms with Crippen LogP contribution in [0.15, 0.2) is 54.6 Å². The summed E-state index contributed by atoms with van der Waals surface area (Å²) in [5.74, 6) is 0.795. The molecule has 0 aromatic heterocycles. The first kappa shape index (κ1) is 18.2. The summed E-state index contributed by atoms with van der Waals surface area (Å²) in [6.45, 7) is 6.81. The van der Waals surface area contributed by atoms with E-state index < -0.39 is 0 Å². The summed E-state index contributed by atoms with van der Waals surface area (Å²) in [7, 11) is 0. The van der Waals surface area contributed by atoms with Crippen molar-refractivity contribution in [2.24, 2.45) is 11.7 Å². The number of ether oxygens (including phenoxy) is 1. The Labute approximate surface area is 144 Å². The molecule has 2 aromatic carbocycles. The van der Waals surface area contributed by atoms with Gasteiger partial charge in [-0.2, -0.15) is 0 Å². The average molecular weight is 325 g/mol. The summed E-state index contributed by atoms with van der Waals surface area (Å²) >= 11 is 0. The lowest BCUT2D eigenvalue weighted by Gasteiger charge is -2.33. The molecule has 1 unspecified atom stereocenters. The molecule has 1 atom stereocenters. The zero-order valence-electron chi connectivity index (χ0n) is 14.8. The van der Waals surface area contributed by atoms with Gasteiger partial charge in [0.05, 0.1) is 12.2 Å². The molecule has 0 amide bonds. The first-order chi connectivity index (χ1) is 11.5. The fraction of sp³-hybridized carbons (Fsp3) is 0.381. The molecule has 0 radical (unpaired) electrons. The standard InChI is InChI=1S/C21H27NO2/c1-4-21(22,5-2)16(3)15-24-19-14-10-9-13-18(19)20(23)17-11-7-6-8-12-17/h6-14,16H,4-5,15,22H2,1-3H3. The predicted octanol–water partition coefficient (Wildman–Crippen LogP) is 4.45. The van der Waals surface area contributed by atoms with E-state index >= 15 is 0 Å². The van der Waals surface area contributed by atoms with Gasteiger partial charge in [0.1, 0.15) is 5.75 Å². The van der Waals surface area contributed by atoms with E-state index in [-0.39, 0.29) is 17.2 Å². The zero-order chi connectivity index (χ0) is 17.6. The third kappa shape index (κ3) is 4.04. The van der Waals surface area contributed by atoms with Crippen molar-refractivity contribution in [3.05, 3.63) is 65.7 Å². The molecule has 0 saturated heterocycles. The predicted molar refractivity (Wildman–Crippen MR) is 98.5 cm³/mol. The van der Waals surface area contributed by atoms with Gasteiger partial charge in [0, 0.05) is 17.0 Å². The first-order valence-corrected chi connectivity index (χ1v) is 8.62. The van der Waals surface area contributed by atoms with Crippen LogP contribution in [-0.2, 0) is 0 Å². The number of ketones is 1. The zero-order valence-corrected chi connectivity index (χ0v) is 14.8. The van der Waals surface area contributed by atoms with Gasteiger partial charge in [-0.05, 0) is 25.0 Å². The van der Waals surface area contributed by atoms with E-state index in [0.717, 1.165) is 12.8 Å². The molecule has 0 aliphatic heterocycles. The first-order valence-electron chi connectivity index (χ1n) is 8.62. The molecule has 0 aliphatic rings. The third-order valence-corrected chi connectivity index (χ3v) is 4.95. The Morgan fingerprint density at radius 3 is 2.25 bits per heavy atom. The van der Waals surface area contributed by atoms with Crippen molar-refractivity contribution in [1.29, 1.82) is 0 Å². The molecule has 0 spiro atoms. The Bertz CT molecular complexity index is 663. The number of benzene rings is 2. The number of carbonyl (C=O) groups excluding carboxylic acids is 1. The molecule has 0 fully saturated rings. The van der Waals surface area contributed by atoms with Crippen LogP contribution in [0.4, 0.5) is 0 Å². The Hall–Kier alpha value is -2.13. The molecule has 2 aromatic rings. The topological polar surface area (TPSA) is 52.3 Å². The molecule has 128 valence electrons. The highest BCUT2D eigenvalue weighted by Crippen LogP contribution is 2.26. The normalized spacial score (nSPS) is 12.7. The van der Waals surface area contributed by atoms with Crippen molar-refractivity contribution < 1.29 is 9.53 Å². The summed E-state index contributed by atoms with van der Waals surface area (Å²) < 4.78 is 5.99. The number of rotatable bonds is 8. The number of carbonyl (C=O) groups is 1. The number of hydrogen-bond donors (Lipinski definition) is 1. The molecular formula is C21H27NO2. The van der Waals surface area contributed by atoms with Crippen LogP contribution in [-0.4, -0.2) is 17.9 Å². The van der Waals surface area contributed by atoms with E-state index in [0.29, 0.717) is 23.5 Å². The number of para-hydroxylation sites is 1. The fourth-order valence-corrected chi connectivity index (χ4v) is 2.85. The minimum Gasteiger partial charge on any atom is -0.492 e. The van der Waals surface area contributed by atoms with Crippen molar-refractivity contribution in [3.63, 3.8) is 0 Å². The van der Waals surface area contributed by atoms with Gasteiger partial charge in [0.25, 0.3) is 0 Å². The van der Waals surface area contributed by atoms with E-state index in [1.54, 1.807) is 0 Å². The van der Waals surface area contributed by atoms with Crippen LogP contribution in [0.3, 0.4) is 0 Å². The van der Waals surface area contributed by atoms with E-state index in [1.165, 1.54) is 0 Å². The van der Waals surface area contributed by atoms with Crippen LogP contribution >= 0.6 is 0 Å². The Kier molecular flexibility index (Phi) is 6.16. The van der Waals surface area contributed by atoms with E-state index in [9.17, 15) is 4.79 Å². The van der Waals surface area contributed by atoms with Crippen LogP contribution in [0.2, 0.25) is 0 Å². The maximum absolute atomic E-state index is 12.7. The third-order valence-electron chi connectivity index (χ3n) is 4.95. The summed E-state index contributed by atoms with van der Waals surface area (Å²) in [6.07, 6.45) is 1.80. The van der Waals surface area contributed by atoms with Gasteiger partial charge in [-0.1, -0.05) is 63.2 Å². The highest BCUT2D eigenvalue weighted by Gasteiger charge is 2.28. The minimum atomic E-state index is -0.238. The molecule has 0 heterocycles. The minimum absolute atomic E-state index is 0.0242. The van der Waals surface area contributed by atoms with Gasteiger partial charge in [-0.15, -0.1) is 0 Å². The van der Waals surface area contributed by atoms with E-state index in [4.69, 9.17) is 10.5 Å². The van der Waals surface area contributed by atoms with Gasteiger partial charge < -0.3 is 10.5 Å². The van der Waals surface area contributed by atoms with Crippen LogP contribution in [0, 0.1) is 5.92 Å². The summed E-state index contributed by atoms with van der Waals surface area (Å²) in [6, 6.07) is 16.7. The van der Waals surface area contributed by atoms with Gasteiger partial charge in [0.15, 0.2) is 5.78 Å². The summed E-state index contributed by atoms with van der Waals surface area (Å²) in [5, 5.41) is 0. The van der Waals surface area contributed by atoms with Crippen LogP contribution in [0.25, 0.3) is 0 Å². The molecule has 3 nitrogen and oxygen atoms in total. The van der Waals surface area contributed by atoms with Crippen LogP contribution in [0.1, 0.15) is 49.5 Å². The van der Waals surface area contributed by atoms with Gasteiger partial charge >= 0.3 is 0 Å². The Morgan fingerprint density at radius 1 is 1.04 bits per heavy atom. The monoisotopic (exact) mass is 325 g/mol. The smallest absolute Gasteiger partial charge is 0.196 e. The maximum atomic E-state index is 12.7. The number of nitrogens with two attached hydrogens (primary N) is 1. The van der Waals surface area contributed by atoms with Crippen LogP contribution in [0.5, 0.6) is 5.75 Å². The van der Waals surface area contributed by atoms with Crippen molar-refractivity contribution in [2.75, 3.05) is 6.61 Å². The largest absolute Gasteiger partial charge is 0.492 e. The fourth-order valence-electron chi connectivity index (χ4n) is 2.85. The highest BCUT2D eigenvalue weighted by molar-refractivity contribution is 6.10. The summed E-state index contributed by atoms with van der Waals surface area (Å²) in [5.41, 5.74) is 7.46. The lowest BCUT2D eigenvalue weighted by molar-refractivity contribution is 0.103. The lowest BCUT2D eigenvalue weighted by Crippen LogP contribution is -2.47. The molecule has 0 saturated carbocycles. The van der Waals surface area contributed by atoms with Crippen molar-refractivity contribution in [1.82, 2.24) is 0 Å². The van der Waals surface area contributed by atoms with Gasteiger partial charge in [-0.3, -0.25) is 4.79 Å². The van der Waals surface area contributed by atoms with Crippen molar-refractivity contribution in [2.45, 2.75) is 39.2 Å². The second-order valence-electron chi connectivity index (χ2n) is 6.34. The summed E-state index contributed by atoms with van der Waals surface area (Å²) in [4.78, 5) is 12.7. The molecule has 0 bridgehead atoms. The molecule has 2 rings (SSSR count). The van der Waals surface area contributed by atoms with Gasteiger partial charge in [-0.25, -0.2) is 0 Å². The quantitative estimate of drug-likeness (QED) is 0.730. The van der Waals surface area contributed by atoms with Crippen LogP contribution < -0.4 is 10.5 Å². The second-order valence-corrected chi connectivity index (χ2v) is 6.34. The Morgan fingerprint density at radius 2 is 1.62 bits per heavy atom. The molecule has 0 aliphatic carbocycles. The van der Waals surface area contributed by atoms with Gasteiger partial charge in [0.2, 0.25) is 0 Å². The lowest BCUT2D eigenvalue weighted by atomic mass is 9.82. The van der Waals surface area contributed by atoms with E-state index in [2.05, 4.69) is 20.8 Å². The molecular weight excluding hydrogens is 298 g/mol.